The summed E-state index contributed by atoms with van der Waals surface area (Å²) in [5.41, 5.74) is -0.489. The Kier molecular flexibility index (Phi) is 4.37. The molecule has 1 fully saturated rings. The second kappa shape index (κ2) is 5.36. The third-order valence-electron chi connectivity index (χ3n) is 2.77. The molecule has 0 bridgehead atoms. The fourth-order valence-corrected chi connectivity index (χ4v) is 1.70. The maximum Gasteiger partial charge on any atom is 0.312 e. The first-order valence-corrected chi connectivity index (χ1v) is 5.83. The number of carbonyl (C=O) groups is 1. The predicted molar refractivity (Wildman–Crippen MR) is 63.8 cm³/mol. The molecule has 1 saturated heterocycles. The van der Waals surface area contributed by atoms with Crippen LogP contribution in [0.2, 0.25) is 0 Å². The van der Waals surface area contributed by atoms with E-state index in [9.17, 15) is 4.79 Å². The van der Waals surface area contributed by atoms with Gasteiger partial charge in [-0.1, -0.05) is 5.92 Å². The van der Waals surface area contributed by atoms with Crippen LogP contribution in [0.5, 0.6) is 0 Å². The van der Waals surface area contributed by atoms with Crippen LogP contribution in [0.3, 0.4) is 0 Å². The van der Waals surface area contributed by atoms with Gasteiger partial charge < -0.3 is 10.1 Å². The molecule has 0 radical (unpaired) electrons. The molecule has 3 nitrogen and oxygen atoms in total. The summed E-state index contributed by atoms with van der Waals surface area (Å²) in [6, 6.07) is 0. The van der Waals surface area contributed by atoms with Gasteiger partial charge in [-0.15, -0.1) is 6.42 Å². The van der Waals surface area contributed by atoms with E-state index in [0.717, 1.165) is 25.9 Å². The Morgan fingerprint density at radius 2 is 2.25 bits per heavy atom. The number of hydrogen-bond donors (Lipinski definition) is 1. The maximum atomic E-state index is 11.7. The van der Waals surface area contributed by atoms with Gasteiger partial charge in [0.1, 0.15) is 0 Å². The minimum absolute atomic E-state index is 0.221. The van der Waals surface area contributed by atoms with Gasteiger partial charge in [0.25, 0.3) is 0 Å². The normalized spacial score (nSPS) is 23.2. The van der Waals surface area contributed by atoms with Gasteiger partial charge in [0.2, 0.25) is 0 Å². The highest BCUT2D eigenvalue weighted by Gasteiger charge is 2.30. The van der Waals surface area contributed by atoms with E-state index in [2.05, 4.69) is 11.2 Å². The fourth-order valence-electron chi connectivity index (χ4n) is 1.70. The first-order valence-electron chi connectivity index (χ1n) is 5.83. The number of esters is 1. The molecule has 1 aliphatic heterocycles. The first-order chi connectivity index (χ1) is 7.45. The maximum absolute atomic E-state index is 11.7. The second-order valence-corrected chi connectivity index (χ2v) is 5.35. The Labute approximate surface area is 97.9 Å². The van der Waals surface area contributed by atoms with Gasteiger partial charge >= 0.3 is 5.97 Å². The second-order valence-electron chi connectivity index (χ2n) is 5.35. The summed E-state index contributed by atoms with van der Waals surface area (Å²) >= 11 is 0. The summed E-state index contributed by atoms with van der Waals surface area (Å²) in [7, 11) is 0. The van der Waals surface area contributed by atoms with E-state index < -0.39 is 5.41 Å². The topological polar surface area (TPSA) is 38.3 Å². The van der Waals surface area contributed by atoms with Crippen LogP contribution in [0, 0.1) is 23.7 Å². The Bertz CT molecular complexity index is 279. The lowest BCUT2D eigenvalue weighted by Gasteiger charge is -2.29. The van der Waals surface area contributed by atoms with Crippen molar-refractivity contribution >= 4 is 5.97 Å². The first kappa shape index (κ1) is 13.1. The van der Waals surface area contributed by atoms with Crippen molar-refractivity contribution in [2.24, 2.45) is 11.3 Å². The minimum Gasteiger partial charge on any atom is -0.448 e. The molecule has 3 heteroatoms. The van der Waals surface area contributed by atoms with E-state index in [1.807, 2.05) is 20.8 Å². The van der Waals surface area contributed by atoms with Crippen LogP contribution in [-0.4, -0.2) is 25.2 Å². The lowest BCUT2D eigenvalue weighted by atomic mass is 9.93. The molecule has 2 atom stereocenters. The van der Waals surface area contributed by atoms with Crippen molar-refractivity contribution in [1.82, 2.24) is 5.32 Å². The van der Waals surface area contributed by atoms with Gasteiger partial charge in [-0.05, 0) is 40.2 Å². The summed E-state index contributed by atoms with van der Waals surface area (Å²) in [4.78, 5) is 11.7. The molecular formula is C13H21NO2. The molecule has 1 aliphatic rings. The van der Waals surface area contributed by atoms with Gasteiger partial charge in [0.15, 0.2) is 6.10 Å². The number of carbonyl (C=O) groups excluding carboxylic acids is 1. The zero-order valence-electron chi connectivity index (χ0n) is 10.4. The molecular weight excluding hydrogens is 202 g/mol. The van der Waals surface area contributed by atoms with Gasteiger partial charge in [-0.3, -0.25) is 4.79 Å². The van der Waals surface area contributed by atoms with Crippen LogP contribution in [0.15, 0.2) is 0 Å². The van der Waals surface area contributed by atoms with Crippen molar-refractivity contribution < 1.29 is 9.53 Å². The molecule has 0 aromatic rings. The number of terminal acetylenes is 1. The molecule has 16 heavy (non-hydrogen) atoms. The van der Waals surface area contributed by atoms with Crippen molar-refractivity contribution in [2.45, 2.75) is 39.7 Å². The molecule has 2 unspecified atom stereocenters. The third-order valence-corrected chi connectivity index (χ3v) is 2.77. The van der Waals surface area contributed by atoms with Crippen LogP contribution in [0.25, 0.3) is 0 Å². The monoisotopic (exact) mass is 223 g/mol. The zero-order valence-corrected chi connectivity index (χ0v) is 10.4. The highest BCUT2D eigenvalue weighted by molar-refractivity contribution is 5.75. The van der Waals surface area contributed by atoms with Crippen LogP contribution in [0.4, 0.5) is 0 Å². The lowest BCUT2D eigenvalue weighted by Crippen LogP contribution is -2.39. The van der Waals surface area contributed by atoms with E-state index in [0.29, 0.717) is 0 Å². The molecule has 0 amide bonds. The standard InChI is InChI=1S/C13H21NO2/c1-5-11(10-7-6-8-14-9-10)16-12(15)13(2,3)4/h1,10-11,14H,6-9H2,2-4H3. The Hall–Kier alpha value is -1.01. The third kappa shape index (κ3) is 3.53. The van der Waals surface area contributed by atoms with Crippen LogP contribution >= 0.6 is 0 Å². The molecule has 1 N–H and O–H groups in total. The summed E-state index contributed by atoms with van der Waals surface area (Å²) in [5.74, 6) is 2.63. The summed E-state index contributed by atoms with van der Waals surface area (Å²) in [6.07, 6.45) is 7.17. The van der Waals surface area contributed by atoms with Gasteiger partial charge in [-0.25, -0.2) is 0 Å². The number of piperidine rings is 1. The number of rotatable bonds is 2. The molecule has 1 rings (SSSR count). The van der Waals surface area contributed by atoms with Crippen molar-refractivity contribution in [1.29, 1.82) is 0 Å². The largest absolute Gasteiger partial charge is 0.448 e. The fraction of sp³-hybridized carbons (Fsp3) is 0.769. The summed E-state index contributed by atoms with van der Waals surface area (Å²) < 4.78 is 5.39. The predicted octanol–water partition coefficient (Wildman–Crippen LogP) is 1.58. The molecule has 0 spiro atoms. The molecule has 0 aliphatic carbocycles. The minimum atomic E-state index is -0.489. The van der Waals surface area contributed by atoms with Gasteiger partial charge in [-0.2, -0.15) is 0 Å². The average Bonchev–Trinajstić information content (AvgIpc) is 2.25. The van der Waals surface area contributed by atoms with E-state index in [1.165, 1.54) is 0 Å². The van der Waals surface area contributed by atoms with Crippen molar-refractivity contribution in [3.05, 3.63) is 0 Å². The van der Waals surface area contributed by atoms with E-state index >= 15 is 0 Å². The quantitative estimate of drug-likeness (QED) is 0.570. The van der Waals surface area contributed by atoms with Gasteiger partial charge in [0.05, 0.1) is 5.41 Å². The summed E-state index contributed by atoms with van der Waals surface area (Å²) in [6.45, 7) is 7.37. The SMILES string of the molecule is C#CC(OC(=O)C(C)(C)C)C1CCCNC1. The van der Waals surface area contributed by atoms with Crippen molar-refractivity contribution in [2.75, 3.05) is 13.1 Å². The van der Waals surface area contributed by atoms with Crippen molar-refractivity contribution in [3.63, 3.8) is 0 Å². The molecule has 0 aromatic carbocycles. The van der Waals surface area contributed by atoms with Gasteiger partial charge in [0, 0.05) is 12.5 Å². The Balaban J connectivity index is 2.55. The van der Waals surface area contributed by atoms with Crippen molar-refractivity contribution in [3.8, 4) is 12.3 Å². The van der Waals surface area contributed by atoms with E-state index in [4.69, 9.17) is 11.2 Å². The zero-order chi connectivity index (χ0) is 12.2. The van der Waals surface area contributed by atoms with Crippen LogP contribution < -0.4 is 5.32 Å². The van der Waals surface area contributed by atoms with E-state index in [1.54, 1.807) is 0 Å². The smallest absolute Gasteiger partial charge is 0.312 e. The molecule has 1 heterocycles. The molecule has 0 saturated carbocycles. The van der Waals surface area contributed by atoms with Crippen LogP contribution in [0.1, 0.15) is 33.6 Å². The molecule has 90 valence electrons. The van der Waals surface area contributed by atoms with Crippen LogP contribution in [-0.2, 0) is 9.53 Å². The lowest BCUT2D eigenvalue weighted by molar-refractivity contribution is -0.158. The number of nitrogens with one attached hydrogen (secondary N) is 1. The average molecular weight is 223 g/mol. The highest BCUT2D eigenvalue weighted by Crippen LogP contribution is 2.21. The summed E-state index contributed by atoms with van der Waals surface area (Å²) in [5, 5.41) is 3.27. The molecule has 0 aromatic heterocycles. The number of ether oxygens (including phenoxy) is 1. The Morgan fingerprint density at radius 3 is 2.69 bits per heavy atom. The van der Waals surface area contributed by atoms with E-state index in [-0.39, 0.29) is 18.0 Å². The highest BCUT2D eigenvalue weighted by atomic mass is 16.5. The Morgan fingerprint density at radius 1 is 1.56 bits per heavy atom. The number of hydrogen-bond acceptors (Lipinski definition) is 3.